The van der Waals surface area contributed by atoms with E-state index in [1.165, 1.54) is 5.56 Å². The minimum Gasteiger partial charge on any atom is -0.492 e. The van der Waals surface area contributed by atoms with Crippen molar-refractivity contribution in [1.82, 2.24) is 14.9 Å². The van der Waals surface area contributed by atoms with Gasteiger partial charge in [0.15, 0.2) is 0 Å². The van der Waals surface area contributed by atoms with Crippen LogP contribution in [0.1, 0.15) is 48.9 Å². The van der Waals surface area contributed by atoms with Crippen molar-refractivity contribution >= 4 is 16.9 Å². The normalized spacial score (nSPS) is 11.5. The number of para-hydroxylation sites is 2. The molecule has 0 aliphatic rings. The Bertz CT molecular complexity index is 1220. The molecule has 3 aromatic carbocycles. The number of hydrogen-bond donors (Lipinski definition) is 1. The zero-order valence-electron chi connectivity index (χ0n) is 20.3. The Morgan fingerprint density at radius 2 is 1.65 bits per heavy atom. The summed E-state index contributed by atoms with van der Waals surface area (Å²) in [6.07, 6.45) is 1.60. The summed E-state index contributed by atoms with van der Waals surface area (Å²) in [7, 11) is 0. The van der Waals surface area contributed by atoms with E-state index in [9.17, 15) is 4.79 Å². The second-order valence-corrected chi connectivity index (χ2v) is 9.52. The number of imidazole rings is 1. The molecule has 1 N–H and O–H groups in total. The van der Waals surface area contributed by atoms with Gasteiger partial charge in [0.05, 0.1) is 17.6 Å². The van der Waals surface area contributed by atoms with E-state index in [1.807, 2.05) is 60.7 Å². The molecule has 0 aliphatic heterocycles. The number of rotatable bonds is 9. The van der Waals surface area contributed by atoms with Gasteiger partial charge in [0, 0.05) is 18.5 Å². The van der Waals surface area contributed by atoms with Crippen LogP contribution in [0.2, 0.25) is 0 Å². The molecule has 0 fully saturated rings. The van der Waals surface area contributed by atoms with Crippen molar-refractivity contribution in [3.05, 3.63) is 95.8 Å². The second-order valence-electron chi connectivity index (χ2n) is 9.52. The van der Waals surface area contributed by atoms with Crippen LogP contribution < -0.4 is 10.1 Å². The molecule has 0 saturated heterocycles. The van der Waals surface area contributed by atoms with Gasteiger partial charge in [0.25, 0.3) is 5.91 Å². The number of aryl methyl sites for hydroxylation is 1. The molecule has 0 spiro atoms. The first-order valence-electron chi connectivity index (χ1n) is 11.9. The van der Waals surface area contributed by atoms with Crippen molar-refractivity contribution in [2.75, 3.05) is 13.2 Å². The summed E-state index contributed by atoms with van der Waals surface area (Å²) in [5.74, 6) is 1.85. The van der Waals surface area contributed by atoms with Crippen LogP contribution >= 0.6 is 0 Å². The Balaban J connectivity index is 1.36. The van der Waals surface area contributed by atoms with Gasteiger partial charge < -0.3 is 14.6 Å². The summed E-state index contributed by atoms with van der Waals surface area (Å²) in [6, 6.07) is 25.9. The summed E-state index contributed by atoms with van der Waals surface area (Å²) in [5, 5.41) is 3.00. The zero-order valence-corrected chi connectivity index (χ0v) is 20.3. The molecular formula is C29H33N3O2. The maximum Gasteiger partial charge on any atom is 0.251 e. The Kier molecular flexibility index (Phi) is 7.31. The number of hydrogen-bond acceptors (Lipinski definition) is 3. The molecule has 34 heavy (non-hydrogen) atoms. The molecule has 176 valence electrons. The number of ether oxygens (including phenoxy) is 1. The van der Waals surface area contributed by atoms with E-state index in [4.69, 9.17) is 9.72 Å². The van der Waals surface area contributed by atoms with Gasteiger partial charge in [-0.1, -0.05) is 63.2 Å². The van der Waals surface area contributed by atoms with Gasteiger partial charge >= 0.3 is 0 Å². The number of nitrogens with zero attached hydrogens (tertiary/aromatic N) is 2. The molecule has 4 aromatic rings. The molecule has 1 aromatic heterocycles. The number of amides is 1. The number of aromatic nitrogens is 2. The van der Waals surface area contributed by atoms with Gasteiger partial charge in [-0.15, -0.1) is 0 Å². The first kappa shape index (κ1) is 23.6. The fraction of sp³-hybridized carbons (Fsp3) is 0.310. The molecule has 0 saturated carbocycles. The summed E-state index contributed by atoms with van der Waals surface area (Å²) in [5.41, 5.74) is 4.20. The fourth-order valence-electron chi connectivity index (χ4n) is 4.01. The van der Waals surface area contributed by atoms with E-state index >= 15 is 0 Å². The molecule has 0 aliphatic carbocycles. The van der Waals surface area contributed by atoms with Crippen LogP contribution in [-0.4, -0.2) is 28.6 Å². The van der Waals surface area contributed by atoms with Crippen LogP contribution in [0.15, 0.2) is 78.9 Å². The third-order valence-corrected chi connectivity index (χ3v) is 5.94. The van der Waals surface area contributed by atoms with E-state index in [0.717, 1.165) is 35.4 Å². The van der Waals surface area contributed by atoms with Crippen molar-refractivity contribution in [3.63, 3.8) is 0 Å². The third-order valence-electron chi connectivity index (χ3n) is 5.94. The van der Waals surface area contributed by atoms with Crippen LogP contribution in [0.25, 0.3) is 11.0 Å². The van der Waals surface area contributed by atoms with E-state index in [1.54, 1.807) is 0 Å². The Morgan fingerprint density at radius 3 is 2.38 bits per heavy atom. The molecule has 0 atom stereocenters. The number of carbonyl (C=O) groups is 1. The quantitative estimate of drug-likeness (QED) is 0.326. The molecule has 5 heteroatoms. The summed E-state index contributed by atoms with van der Waals surface area (Å²) < 4.78 is 8.29. The Morgan fingerprint density at radius 1 is 0.941 bits per heavy atom. The first-order valence-corrected chi connectivity index (χ1v) is 11.9. The number of fused-ring (bicyclic) bond motifs is 1. The highest BCUT2D eigenvalue weighted by molar-refractivity contribution is 5.94. The lowest BCUT2D eigenvalue weighted by molar-refractivity contribution is 0.0953. The lowest BCUT2D eigenvalue weighted by atomic mass is 9.87. The molecule has 0 radical (unpaired) electrons. The maximum absolute atomic E-state index is 12.3. The van der Waals surface area contributed by atoms with Crippen molar-refractivity contribution in [2.45, 2.75) is 45.6 Å². The fourth-order valence-corrected chi connectivity index (χ4v) is 4.01. The SMILES string of the molecule is CC(C)(C)c1ccc(OCCn2c(CCCNC(=O)c3ccccc3)nc3ccccc32)cc1. The van der Waals surface area contributed by atoms with Gasteiger partial charge in [0.1, 0.15) is 18.2 Å². The van der Waals surface area contributed by atoms with Crippen LogP contribution in [0.5, 0.6) is 5.75 Å². The molecule has 5 nitrogen and oxygen atoms in total. The zero-order chi connectivity index (χ0) is 24.0. The van der Waals surface area contributed by atoms with Gasteiger partial charge in [-0.25, -0.2) is 4.98 Å². The molecular weight excluding hydrogens is 422 g/mol. The largest absolute Gasteiger partial charge is 0.492 e. The van der Waals surface area contributed by atoms with E-state index in [-0.39, 0.29) is 11.3 Å². The molecule has 0 unspecified atom stereocenters. The van der Waals surface area contributed by atoms with Crippen molar-refractivity contribution < 1.29 is 9.53 Å². The van der Waals surface area contributed by atoms with E-state index in [2.05, 4.69) is 48.9 Å². The summed E-state index contributed by atoms with van der Waals surface area (Å²) in [6.45, 7) is 8.51. The van der Waals surface area contributed by atoms with Crippen molar-refractivity contribution in [2.24, 2.45) is 0 Å². The topological polar surface area (TPSA) is 56.1 Å². The monoisotopic (exact) mass is 455 g/mol. The van der Waals surface area contributed by atoms with Crippen LogP contribution in [0, 0.1) is 0 Å². The van der Waals surface area contributed by atoms with Gasteiger partial charge in [-0.3, -0.25) is 4.79 Å². The Hall–Kier alpha value is -3.60. The second kappa shape index (κ2) is 10.6. The predicted octanol–water partition coefficient (Wildman–Crippen LogP) is 5.78. The minimum atomic E-state index is -0.0417. The smallest absolute Gasteiger partial charge is 0.251 e. The van der Waals surface area contributed by atoms with Crippen LogP contribution in [0.3, 0.4) is 0 Å². The molecule has 1 amide bonds. The molecule has 4 rings (SSSR count). The lowest BCUT2D eigenvalue weighted by Gasteiger charge is -2.19. The third kappa shape index (κ3) is 5.84. The average Bonchev–Trinajstić information content (AvgIpc) is 3.19. The van der Waals surface area contributed by atoms with Gasteiger partial charge in [-0.05, 0) is 53.8 Å². The predicted molar refractivity (Wildman–Crippen MR) is 137 cm³/mol. The molecule has 0 bridgehead atoms. The molecule has 1 heterocycles. The van der Waals surface area contributed by atoms with E-state index in [0.29, 0.717) is 25.3 Å². The van der Waals surface area contributed by atoms with Crippen LogP contribution in [-0.2, 0) is 18.4 Å². The number of nitrogens with one attached hydrogen (secondary N) is 1. The summed E-state index contributed by atoms with van der Waals surface area (Å²) in [4.78, 5) is 17.1. The standard InChI is InChI=1S/C29H33N3O2/c1-29(2,3)23-15-17-24(18-16-23)34-21-20-32-26-13-8-7-12-25(26)31-27(32)14-9-19-30-28(33)22-10-5-4-6-11-22/h4-8,10-13,15-18H,9,14,19-21H2,1-3H3,(H,30,33). The highest BCUT2D eigenvalue weighted by atomic mass is 16.5. The maximum atomic E-state index is 12.3. The Labute approximate surface area is 201 Å². The van der Waals surface area contributed by atoms with Crippen molar-refractivity contribution in [1.29, 1.82) is 0 Å². The van der Waals surface area contributed by atoms with Gasteiger partial charge in [-0.2, -0.15) is 0 Å². The summed E-state index contributed by atoms with van der Waals surface area (Å²) >= 11 is 0. The highest BCUT2D eigenvalue weighted by Crippen LogP contribution is 2.24. The van der Waals surface area contributed by atoms with Crippen LogP contribution in [0.4, 0.5) is 0 Å². The first-order chi connectivity index (χ1) is 16.4. The van der Waals surface area contributed by atoms with E-state index < -0.39 is 0 Å². The number of carbonyl (C=O) groups excluding carboxylic acids is 1. The highest BCUT2D eigenvalue weighted by Gasteiger charge is 2.14. The average molecular weight is 456 g/mol. The minimum absolute atomic E-state index is 0.0417. The van der Waals surface area contributed by atoms with Gasteiger partial charge in [0.2, 0.25) is 0 Å². The number of benzene rings is 3. The van der Waals surface area contributed by atoms with Crippen molar-refractivity contribution in [3.8, 4) is 5.75 Å². The lowest BCUT2D eigenvalue weighted by Crippen LogP contribution is -2.25.